The van der Waals surface area contributed by atoms with Gasteiger partial charge in [0.2, 0.25) is 11.9 Å². The molecule has 1 aromatic heterocycles. The van der Waals surface area contributed by atoms with Crippen LogP contribution < -0.4 is 10.2 Å². The fraction of sp³-hybridized carbons (Fsp3) is 0.442. The summed E-state index contributed by atoms with van der Waals surface area (Å²) in [5, 5.41) is 12.9. The minimum atomic E-state index is -4.49. The largest absolute Gasteiger partial charge is 0.480 e. The highest BCUT2D eigenvalue weighted by Crippen LogP contribution is 2.34. The van der Waals surface area contributed by atoms with Gasteiger partial charge in [0.1, 0.15) is 6.04 Å². The smallest absolute Gasteiger partial charge is 0.416 e. The number of hydrogen-bond donors (Lipinski definition) is 2. The van der Waals surface area contributed by atoms with E-state index in [1.807, 2.05) is 43.9 Å². The van der Waals surface area contributed by atoms with Gasteiger partial charge in [0, 0.05) is 19.3 Å². The van der Waals surface area contributed by atoms with Crippen molar-refractivity contribution in [3.8, 4) is 0 Å². The molecule has 8 nitrogen and oxygen atoms in total. The lowest BCUT2D eigenvalue weighted by atomic mass is 9.98. The zero-order valence-corrected chi connectivity index (χ0v) is 33.2. The Hall–Kier alpha value is -5.23. The molecular weight excluding hydrogens is 747 g/mol. The average Bonchev–Trinajstić information content (AvgIpc) is 3.57. The summed E-state index contributed by atoms with van der Waals surface area (Å²) in [7, 11) is 0. The maximum absolute atomic E-state index is 13.4. The molecule has 0 fully saturated rings. The first-order valence-electron chi connectivity index (χ1n) is 19.0. The van der Waals surface area contributed by atoms with Crippen LogP contribution in [0.3, 0.4) is 0 Å². The van der Waals surface area contributed by atoms with Gasteiger partial charge in [-0.15, -0.1) is 6.58 Å². The van der Waals surface area contributed by atoms with E-state index in [0.717, 1.165) is 42.3 Å². The van der Waals surface area contributed by atoms with Crippen LogP contribution in [0.5, 0.6) is 0 Å². The molecule has 3 atom stereocenters. The quantitative estimate of drug-likeness (QED) is 0.0659. The number of hydrogen-bond acceptors (Lipinski definition) is 7. The number of nitrogens with one attached hydrogen (secondary N) is 1. The van der Waals surface area contributed by atoms with Crippen molar-refractivity contribution >= 4 is 29.7 Å². The molecule has 0 saturated heterocycles. The van der Waals surface area contributed by atoms with E-state index in [9.17, 15) is 36.2 Å². The van der Waals surface area contributed by atoms with Gasteiger partial charge >= 0.3 is 18.3 Å². The molecule has 14 heteroatoms. The second kappa shape index (κ2) is 24.4. The molecule has 0 bridgehead atoms. The molecule has 57 heavy (non-hydrogen) atoms. The molecule has 2 aliphatic rings. The first-order valence-corrected chi connectivity index (χ1v) is 19.0. The number of carboxylic acids is 1. The maximum atomic E-state index is 13.4. The highest BCUT2D eigenvalue weighted by atomic mass is 19.4. The van der Waals surface area contributed by atoms with Gasteiger partial charge in [0.25, 0.3) is 0 Å². The molecule has 1 aromatic rings. The second-order valence-corrected chi connectivity index (χ2v) is 13.2. The Bertz CT molecular complexity index is 1790. The minimum Gasteiger partial charge on any atom is -0.480 e. The summed E-state index contributed by atoms with van der Waals surface area (Å²) in [6.07, 6.45) is 14.8. The van der Waals surface area contributed by atoms with Gasteiger partial charge in [-0.05, 0) is 88.0 Å². The number of carboxylic acid groups (broad SMARTS) is 1. The monoisotopic (exact) mass is 800 g/mol. The molecule has 2 N–H and O–H groups in total. The molecule has 0 aromatic carbocycles. The SMILES string of the molecule is C=CC/C=C(\C=C/C(C)C(/C=C\CCC(Nc1nc(C2=CCC(C(F)(F)F)C=CC2)nc(N(CCC)CCC)n1)C(=O)O)=C/C)C(F)(F)F.CC1=C=CC=CC=N1. The summed E-state index contributed by atoms with van der Waals surface area (Å²) >= 11 is 0. The summed E-state index contributed by atoms with van der Waals surface area (Å²) in [4.78, 5) is 31.7. The zero-order chi connectivity index (χ0) is 42.4. The lowest BCUT2D eigenvalue weighted by Crippen LogP contribution is -2.32. The van der Waals surface area contributed by atoms with E-state index in [1.54, 1.807) is 38.3 Å². The zero-order valence-electron chi connectivity index (χ0n) is 33.2. The van der Waals surface area contributed by atoms with Gasteiger partial charge in [0.05, 0.1) is 17.2 Å². The lowest BCUT2D eigenvalue weighted by molar-refractivity contribution is -0.160. The number of carbonyl (C=O) groups is 1. The van der Waals surface area contributed by atoms with Crippen LogP contribution in [0.2, 0.25) is 0 Å². The Balaban J connectivity index is 0.00000124. The van der Waals surface area contributed by atoms with Crippen LogP contribution in [0.15, 0.2) is 113 Å². The van der Waals surface area contributed by atoms with Crippen LogP contribution in [0.4, 0.5) is 38.2 Å². The first-order chi connectivity index (χ1) is 27.0. The van der Waals surface area contributed by atoms with Crippen LogP contribution in [0.1, 0.15) is 85.4 Å². The van der Waals surface area contributed by atoms with Crippen molar-refractivity contribution in [1.82, 2.24) is 15.0 Å². The second-order valence-electron chi connectivity index (χ2n) is 13.2. The fourth-order valence-electron chi connectivity index (χ4n) is 5.50. The molecule has 0 saturated carbocycles. The number of aromatic nitrogens is 3. The van der Waals surface area contributed by atoms with E-state index < -0.39 is 35.9 Å². The van der Waals surface area contributed by atoms with Gasteiger partial charge in [-0.2, -0.15) is 41.3 Å². The number of alkyl halides is 6. The maximum Gasteiger partial charge on any atom is 0.416 e. The number of aliphatic imine (C=N–C) groups is 1. The Morgan fingerprint density at radius 3 is 2.44 bits per heavy atom. The summed E-state index contributed by atoms with van der Waals surface area (Å²) in [5.74, 6) is -2.66. The number of aliphatic carboxylic acids is 1. The molecule has 1 aliphatic heterocycles. The molecule has 0 radical (unpaired) electrons. The number of halogens is 6. The Labute approximate surface area is 332 Å². The number of allylic oxidation sites excluding steroid dienone is 16. The standard InChI is InChI=1S/C36H47F6N5O2.C7H7N/c1-6-10-16-28(35(37,38)39)21-19-25(5)26(9-4)14-11-12-18-30(32(48)49)43-33-44-31(45-34(46-33)47(23-7-2)24-8-3)27-15-13-17-29(22-20-27)36(40,41)42;1-7-5-3-2-4-6-8-7/h6,9,11,13-14,16-17,19-21,25,29-30H,1,7-8,10,12,15,18,22-24H2,2-5H3,(H,48,49)(H,43,44,45,46);2-4,6H,1H3/b14-11-,21-19-,26-9+,28-16+;. The predicted molar refractivity (Wildman–Crippen MR) is 218 cm³/mol. The highest BCUT2D eigenvalue weighted by molar-refractivity contribution is 5.76. The predicted octanol–water partition coefficient (Wildman–Crippen LogP) is 11.5. The summed E-state index contributed by atoms with van der Waals surface area (Å²) in [6, 6.07) is -1.12. The number of nitrogens with zero attached hydrogens (tertiary/aromatic N) is 5. The van der Waals surface area contributed by atoms with Gasteiger partial charge < -0.3 is 15.3 Å². The Morgan fingerprint density at radius 2 is 1.82 bits per heavy atom. The van der Waals surface area contributed by atoms with Crippen molar-refractivity contribution in [2.45, 2.75) is 98.0 Å². The van der Waals surface area contributed by atoms with E-state index in [-0.39, 0.29) is 43.4 Å². The van der Waals surface area contributed by atoms with E-state index in [0.29, 0.717) is 31.0 Å². The van der Waals surface area contributed by atoms with E-state index in [4.69, 9.17) is 0 Å². The normalized spacial score (nSPS) is 17.4. The Kier molecular flexibility index (Phi) is 20.5. The van der Waals surface area contributed by atoms with Gasteiger partial charge in [-0.1, -0.05) is 93.3 Å². The van der Waals surface area contributed by atoms with Crippen LogP contribution in [0, 0.1) is 11.8 Å². The third-order valence-electron chi connectivity index (χ3n) is 8.57. The molecule has 2 heterocycles. The van der Waals surface area contributed by atoms with E-state index in [2.05, 4.69) is 37.6 Å². The van der Waals surface area contributed by atoms with Crippen molar-refractivity contribution in [3.63, 3.8) is 0 Å². The number of rotatable bonds is 18. The molecular formula is C43H54F6N6O2. The number of anilines is 2. The molecule has 0 amide bonds. The molecule has 0 spiro atoms. The highest BCUT2D eigenvalue weighted by Gasteiger charge is 2.37. The van der Waals surface area contributed by atoms with Crippen molar-refractivity contribution in [2.24, 2.45) is 16.8 Å². The van der Waals surface area contributed by atoms with Crippen LogP contribution in [-0.2, 0) is 4.79 Å². The van der Waals surface area contributed by atoms with Crippen LogP contribution >= 0.6 is 0 Å². The van der Waals surface area contributed by atoms with Gasteiger partial charge in [-0.25, -0.2) is 4.79 Å². The van der Waals surface area contributed by atoms with Gasteiger partial charge in [-0.3, -0.25) is 4.99 Å². The van der Waals surface area contributed by atoms with Crippen molar-refractivity contribution < 1.29 is 36.2 Å². The molecule has 3 rings (SSSR count). The lowest BCUT2D eigenvalue weighted by Gasteiger charge is -2.23. The van der Waals surface area contributed by atoms with Crippen molar-refractivity contribution in [3.05, 3.63) is 114 Å². The molecule has 3 unspecified atom stereocenters. The third-order valence-corrected chi connectivity index (χ3v) is 8.57. The van der Waals surface area contributed by atoms with Crippen LogP contribution in [-0.4, -0.2) is 63.7 Å². The van der Waals surface area contributed by atoms with Crippen molar-refractivity contribution in [1.29, 1.82) is 0 Å². The average molecular weight is 801 g/mol. The summed E-state index contributed by atoms with van der Waals surface area (Å²) < 4.78 is 80.2. The fourth-order valence-corrected chi connectivity index (χ4v) is 5.50. The van der Waals surface area contributed by atoms with Crippen molar-refractivity contribution in [2.75, 3.05) is 23.3 Å². The topological polar surface area (TPSA) is 104 Å². The van der Waals surface area contributed by atoms with Crippen LogP contribution in [0.25, 0.3) is 5.57 Å². The summed E-state index contributed by atoms with van der Waals surface area (Å²) in [6.45, 7) is 14.1. The minimum absolute atomic E-state index is 0.00651. The van der Waals surface area contributed by atoms with E-state index in [1.165, 1.54) is 24.3 Å². The van der Waals surface area contributed by atoms with Gasteiger partial charge in [0.15, 0.2) is 5.82 Å². The Morgan fingerprint density at radius 1 is 1.11 bits per heavy atom. The first kappa shape index (κ1) is 47.9. The summed E-state index contributed by atoms with van der Waals surface area (Å²) in [5.41, 5.74) is 4.35. The third kappa shape index (κ3) is 17.6. The molecule has 310 valence electrons. The van der Waals surface area contributed by atoms with E-state index >= 15 is 0 Å². The molecule has 1 aliphatic carbocycles.